The topological polar surface area (TPSA) is 36.4 Å². The summed E-state index contributed by atoms with van der Waals surface area (Å²) in [4.78, 5) is 5.73. The maximum atomic E-state index is 4.30. The molecule has 3 nitrogen and oxygen atoms in total. The molecule has 1 fully saturated rings. The van der Waals surface area contributed by atoms with Gasteiger partial charge in [0.2, 0.25) is 0 Å². The van der Waals surface area contributed by atoms with Crippen LogP contribution >= 0.6 is 11.3 Å². The molecule has 0 saturated heterocycles. The van der Waals surface area contributed by atoms with E-state index in [4.69, 9.17) is 0 Å². The Bertz CT molecular complexity index is 353. The Morgan fingerprint density at radius 2 is 2.22 bits per heavy atom. The van der Waals surface area contributed by atoms with Crippen LogP contribution in [0.3, 0.4) is 0 Å². The normalized spacial score (nSPS) is 17.7. The maximum Gasteiger partial charge on any atom is 0.191 e. The van der Waals surface area contributed by atoms with Crippen LogP contribution in [0.15, 0.2) is 22.5 Å². The molecule has 100 valence electrons. The van der Waals surface area contributed by atoms with E-state index in [1.54, 1.807) is 0 Å². The summed E-state index contributed by atoms with van der Waals surface area (Å²) in [6.07, 6.45) is 7.73. The average molecular weight is 265 g/mol. The Kier molecular flexibility index (Phi) is 5.52. The van der Waals surface area contributed by atoms with Crippen LogP contribution in [0.4, 0.5) is 0 Å². The highest BCUT2D eigenvalue weighted by Crippen LogP contribution is 2.17. The molecule has 0 spiro atoms. The van der Waals surface area contributed by atoms with Gasteiger partial charge in [-0.2, -0.15) is 0 Å². The molecule has 0 aromatic carbocycles. The molecule has 0 unspecified atom stereocenters. The van der Waals surface area contributed by atoms with E-state index in [-0.39, 0.29) is 0 Å². The Morgan fingerprint density at radius 3 is 2.89 bits per heavy atom. The summed E-state index contributed by atoms with van der Waals surface area (Å²) in [6, 6.07) is 4.91. The molecule has 0 aliphatic heterocycles. The van der Waals surface area contributed by atoms with Crippen molar-refractivity contribution in [3.63, 3.8) is 0 Å². The second-order valence-electron chi connectivity index (χ2n) is 4.81. The molecule has 1 saturated carbocycles. The first-order chi connectivity index (χ1) is 8.88. The lowest BCUT2D eigenvalue weighted by Crippen LogP contribution is -2.44. The van der Waals surface area contributed by atoms with Gasteiger partial charge in [0.05, 0.1) is 0 Å². The summed E-state index contributed by atoms with van der Waals surface area (Å²) < 4.78 is 0. The third-order valence-corrected chi connectivity index (χ3v) is 4.35. The molecular weight excluding hydrogens is 242 g/mol. The van der Waals surface area contributed by atoms with E-state index in [1.165, 1.54) is 37.0 Å². The van der Waals surface area contributed by atoms with Crippen LogP contribution in [0.1, 0.15) is 37.0 Å². The second kappa shape index (κ2) is 7.41. The molecule has 0 amide bonds. The minimum atomic E-state index is 0.617. The molecule has 0 atom stereocenters. The molecule has 1 aromatic rings. The Hall–Kier alpha value is -1.03. The van der Waals surface area contributed by atoms with E-state index in [2.05, 4.69) is 33.1 Å². The van der Waals surface area contributed by atoms with Gasteiger partial charge in [-0.3, -0.25) is 4.99 Å². The highest BCUT2D eigenvalue weighted by atomic mass is 32.1. The Morgan fingerprint density at radius 1 is 1.39 bits per heavy atom. The maximum absolute atomic E-state index is 4.30. The molecule has 4 heteroatoms. The highest BCUT2D eigenvalue weighted by molar-refractivity contribution is 7.09. The fourth-order valence-corrected chi connectivity index (χ4v) is 3.10. The van der Waals surface area contributed by atoms with Crippen molar-refractivity contribution in [2.45, 2.75) is 44.6 Å². The van der Waals surface area contributed by atoms with Crippen LogP contribution < -0.4 is 10.6 Å². The first-order valence-corrected chi connectivity index (χ1v) is 7.76. The number of guanidine groups is 1. The van der Waals surface area contributed by atoms with Crippen LogP contribution in [-0.4, -0.2) is 25.6 Å². The molecule has 1 aliphatic carbocycles. The van der Waals surface area contributed by atoms with Crippen molar-refractivity contribution in [2.75, 3.05) is 13.6 Å². The molecule has 18 heavy (non-hydrogen) atoms. The largest absolute Gasteiger partial charge is 0.356 e. The summed E-state index contributed by atoms with van der Waals surface area (Å²) in [5, 5.41) is 9.06. The molecule has 1 aromatic heterocycles. The van der Waals surface area contributed by atoms with E-state index in [9.17, 15) is 0 Å². The summed E-state index contributed by atoms with van der Waals surface area (Å²) in [6.45, 7) is 0.951. The number of nitrogens with one attached hydrogen (secondary N) is 2. The second-order valence-corrected chi connectivity index (χ2v) is 5.84. The lowest BCUT2D eigenvalue weighted by Gasteiger charge is -2.24. The van der Waals surface area contributed by atoms with Crippen molar-refractivity contribution in [3.05, 3.63) is 22.4 Å². The minimum Gasteiger partial charge on any atom is -0.356 e. The van der Waals surface area contributed by atoms with Gasteiger partial charge in [0.15, 0.2) is 5.96 Å². The third kappa shape index (κ3) is 4.33. The van der Waals surface area contributed by atoms with Gasteiger partial charge in [-0.15, -0.1) is 11.3 Å². The lowest BCUT2D eigenvalue weighted by atomic mass is 9.96. The van der Waals surface area contributed by atoms with E-state index in [0.717, 1.165) is 18.9 Å². The van der Waals surface area contributed by atoms with Crippen LogP contribution in [0.25, 0.3) is 0 Å². The van der Waals surface area contributed by atoms with Crippen molar-refractivity contribution in [1.82, 2.24) is 10.6 Å². The van der Waals surface area contributed by atoms with Gasteiger partial charge >= 0.3 is 0 Å². The molecule has 0 radical (unpaired) electrons. The molecule has 0 bridgehead atoms. The Labute approximate surface area is 114 Å². The fourth-order valence-electron chi connectivity index (χ4n) is 2.39. The lowest BCUT2D eigenvalue weighted by molar-refractivity contribution is 0.410. The van der Waals surface area contributed by atoms with Gasteiger partial charge < -0.3 is 10.6 Å². The van der Waals surface area contributed by atoms with Crippen LogP contribution in [0.5, 0.6) is 0 Å². The summed E-state index contributed by atoms with van der Waals surface area (Å²) >= 11 is 1.82. The molecule has 2 N–H and O–H groups in total. The highest BCUT2D eigenvalue weighted by Gasteiger charge is 2.14. The molecule has 2 rings (SSSR count). The third-order valence-electron chi connectivity index (χ3n) is 3.41. The van der Waals surface area contributed by atoms with Crippen LogP contribution in [-0.2, 0) is 6.42 Å². The average Bonchev–Trinajstić information content (AvgIpc) is 2.92. The van der Waals surface area contributed by atoms with Gasteiger partial charge in [0.1, 0.15) is 0 Å². The van der Waals surface area contributed by atoms with E-state index >= 15 is 0 Å². The number of rotatable bonds is 4. The van der Waals surface area contributed by atoms with Crippen molar-refractivity contribution in [2.24, 2.45) is 4.99 Å². The number of nitrogens with zero attached hydrogens (tertiary/aromatic N) is 1. The zero-order chi connectivity index (χ0) is 12.6. The number of thiophene rings is 1. The van der Waals surface area contributed by atoms with Gasteiger partial charge in [0, 0.05) is 24.5 Å². The predicted molar refractivity (Wildman–Crippen MR) is 79.4 cm³/mol. The van der Waals surface area contributed by atoms with Crippen molar-refractivity contribution >= 4 is 17.3 Å². The molecule has 1 heterocycles. The standard InChI is InChI=1S/C14H23N3S/c1-15-14(17-12-6-3-2-4-7-12)16-10-9-13-8-5-11-18-13/h5,8,11-12H,2-4,6-7,9-10H2,1H3,(H2,15,16,17). The predicted octanol–water partition coefficient (Wildman–Crippen LogP) is 2.79. The van der Waals surface area contributed by atoms with Crippen LogP contribution in [0.2, 0.25) is 0 Å². The zero-order valence-electron chi connectivity index (χ0n) is 11.1. The minimum absolute atomic E-state index is 0.617. The number of hydrogen-bond acceptors (Lipinski definition) is 2. The molecular formula is C14H23N3S. The summed E-state index contributed by atoms with van der Waals surface area (Å²) in [5.74, 6) is 0.957. The van der Waals surface area contributed by atoms with E-state index < -0.39 is 0 Å². The number of aliphatic imine (C=N–C) groups is 1. The summed E-state index contributed by atoms with van der Waals surface area (Å²) in [7, 11) is 1.85. The van der Waals surface area contributed by atoms with E-state index in [1.807, 2.05) is 18.4 Å². The monoisotopic (exact) mass is 265 g/mol. The van der Waals surface area contributed by atoms with Crippen molar-refractivity contribution in [1.29, 1.82) is 0 Å². The van der Waals surface area contributed by atoms with Crippen molar-refractivity contribution in [3.8, 4) is 0 Å². The zero-order valence-corrected chi connectivity index (χ0v) is 11.9. The smallest absolute Gasteiger partial charge is 0.191 e. The quantitative estimate of drug-likeness (QED) is 0.649. The van der Waals surface area contributed by atoms with Gasteiger partial charge in [-0.25, -0.2) is 0 Å². The first-order valence-electron chi connectivity index (χ1n) is 6.88. The first kappa shape index (κ1) is 13.4. The number of hydrogen-bond donors (Lipinski definition) is 2. The summed E-state index contributed by atoms with van der Waals surface area (Å²) in [5.41, 5.74) is 0. The fraction of sp³-hybridized carbons (Fsp3) is 0.643. The Balaban J connectivity index is 1.68. The SMILES string of the molecule is CN=C(NCCc1cccs1)NC1CCCCC1. The van der Waals surface area contributed by atoms with Crippen molar-refractivity contribution < 1.29 is 0 Å². The van der Waals surface area contributed by atoms with E-state index in [0.29, 0.717) is 6.04 Å². The molecule has 1 aliphatic rings. The van der Waals surface area contributed by atoms with Gasteiger partial charge in [-0.05, 0) is 30.7 Å². The van der Waals surface area contributed by atoms with Gasteiger partial charge in [-0.1, -0.05) is 25.3 Å². The van der Waals surface area contributed by atoms with Crippen LogP contribution in [0, 0.1) is 0 Å². The van der Waals surface area contributed by atoms with Gasteiger partial charge in [0.25, 0.3) is 0 Å².